The molecule has 0 atom stereocenters. The van der Waals surface area contributed by atoms with Gasteiger partial charge in [-0.05, 0) is 44.0 Å². The van der Waals surface area contributed by atoms with E-state index in [1.165, 1.54) is 22.7 Å². The number of nitrogens with zero attached hydrogens (tertiary/aromatic N) is 5. The smallest absolute Gasteiger partial charge is 0.272 e. The normalized spacial score (nSPS) is 14.7. The van der Waals surface area contributed by atoms with Crippen LogP contribution in [0.1, 0.15) is 24.1 Å². The highest BCUT2D eigenvalue weighted by Gasteiger charge is 2.29. The third-order valence-electron chi connectivity index (χ3n) is 5.30. The van der Waals surface area contributed by atoms with E-state index in [0.717, 1.165) is 24.6 Å². The van der Waals surface area contributed by atoms with Gasteiger partial charge in [-0.1, -0.05) is 29.8 Å². The van der Waals surface area contributed by atoms with E-state index in [0.29, 0.717) is 29.5 Å². The standard InChI is InChI=1S/C21H21ClN6O4S/c1-15-18(21(22)27(25-15)16-7-3-2-4-8-16)14-23-24-19-10-9-17(13-20(19)28(29)30)33(31,32)26-11-5-6-12-26/h2-4,7-10,13-14,24H,5-6,11-12H2,1H3/b23-14+. The van der Waals surface area contributed by atoms with Crippen LogP contribution >= 0.6 is 11.6 Å². The maximum atomic E-state index is 12.7. The number of para-hydroxylation sites is 1. The Labute approximate surface area is 195 Å². The van der Waals surface area contributed by atoms with Crippen molar-refractivity contribution in [3.8, 4) is 5.69 Å². The molecule has 0 saturated carbocycles. The number of benzene rings is 2. The fourth-order valence-corrected chi connectivity index (χ4v) is 5.42. The molecule has 1 aliphatic heterocycles. The summed E-state index contributed by atoms with van der Waals surface area (Å²) in [6.07, 6.45) is 2.97. The molecule has 12 heteroatoms. The van der Waals surface area contributed by atoms with E-state index in [1.807, 2.05) is 30.3 Å². The molecule has 0 amide bonds. The highest BCUT2D eigenvalue weighted by molar-refractivity contribution is 7.89. The molecular formula is C21H21ClN6O4S. The van der Waals surface area contributed by atoms with Gasteiger partial charge in [0.25, 0.3) is 5.69 Å². The number of sulfonamides is 1. The van der Waals surface area contributed by atoms with Crippen LogP contribution in [-0.2, 0) is 10.0 Å². The number of rotatable bonds is 7. The first-order chi connectivity index (χ1) is 15.8. The van der Waals surface area contributed by atoms with Crippen molar-refractivity contribution in [1.29, 1.82) is 0 Å². The SMILES string of the molecule is Cc1nn(-c2ccccc2)c(Cl)c1/C=N/Nc1ccc(S(=O)(=O)N2CCCC2)cc1[N+](=O)[O-]. The molecule has 0 unspecified atom stereocenters. The van der Waals surface area contributed by atoms with Crippen molar-refractivity contribution in [3.63, 3.8) is 0 Å². The van der Waals surface area contributed by atoms with E-state index in [9.17, 15) is 18.5 Å². The molecule has 172 valence electrons. The molecule has 2 heterocycles. The fraction of sp³-hybridized carbons (Fsp3) is 0.238. The van der Waals surface area contributed by atoms with Crippen LogP contribution in [-0.4, -0.2) is 46.7 Å². The van der Waals surface area contributed by atoms with Crippen LogP contribution in [0.5, 0.6) is 0 Å². The number of nitrogens with one attached hydrogen (secondary N) is 1. The lowest BCUT2D eigenvalue weighted by Crippen LogP contribution is -2.27. The van der Waals surface area contributed by atoms with Crippen molar-refractivity contribution in [2.24, 2.45) is 5.10 Å². The van der Waals surface area contributed by atoms with Gasteiger partial charge in [0.1, 0.15) is 10.8 Å². The second kappa shape index (κ2) is 9.30. The van der Waals surface area contributed by atoms with Gasteiger partial charge in [0.05, 0.1) is 33.0 Å². The van der Waals surface area contributed by atoms with Crippen molar-refractivity contribution in [2.45, 2.75) is 24.7 Å². The number of hydrazone groups is 1. The summed E-state index contributed by atoms with van der Waals surface area (Å²) in [6, 6.07) is 13.1. The number of nitro groups is 1. The van der Waals surface area contributed by atoms with Gasteiger partial charge in [0.15, 0.2) is 0 Å². The van der Waals surface area contributed by atoms with Crippen LogP contribution in [0.2, 0.25) is 5.15 Å². The van der Waals surface area contributed by atoms with Gasteiger partial charge in [-0.15, -0.1) is 0 Å². The Kier molecular flexibility index (Phi) is 6.45. The topological polar surface area (TPSA) is 123 Å². The Morgan fingerprint density at radius 2 is 1.88 bits per heavy atom. The molecule has 0 aliphatic carbocycles. The molecule has 0 radical (unpaired) electrons. The van der Waals surface area contributed by atoms with Crippen LogP contribution in [0.25, 0.3) is 5.69 Å². The monoisotopic (exact) mass is 488 g/mol. The van der Waals surface area contributed by atoms with E-state index >= 15 is 0 Å². The second-order valence-corrected chi connectivity index (χ2v) is 9.75. The molecule has 2 aromatic carbocycles. The lowest BCUT2D eigenvalue weighted by Gasteiger charge is -2.15. The molecule has 4 rings (SSSR count). The summed E-state index contributed by atoms with van der Waals surface area (Å²) in [5, 5.41) is 20.4. The Morgan fingerprint density at radius 3 is 2.55 bits per heavy atom. The summed E-state index contributed by atoms with van der Waals surface area (Å²) in [6.45, 7) is 2.60. The first-order valence-corrected chi connectivity index (χ1v) is 12.0. The minimum absolute atomic E-state index is 0.0563. The first-order valence-electron chi connectivity index (χ1n) is 10.2. The van der Waals surface area contributed by atoms with Crippen molar-refractivity contribution in [2.75, 3.05) is 18.5 Å². The predicted molar refractivity (Wildman–Crippen MR) is 126 cm³/mol. The zero-order valence-corrected chi connectivity index (χ0v) is 19.3. The minimum Gasteiger partial charge on any atom is -0.272 e. The molecular weight excluding hydrogens is 468 g/mol. The van der Waals surface area contributed by atoms with Crippen LogP contribution < -0.4 is 5.43 Å². The van der Waals surface area contributed by atoms with Gasteiger partial charge in [-0.25, -0.2) is 13.1 Å². The highest BCUT2D eigenvalue weighted by atomic mass is 35.5. The number of nitro benzene ring substituents is 1. The molecule has 33 heavy (non-hydrogen) atoms. The van der Waals surface area contributed by atoms with Crippen LogP contribution in [0, 0.1) is 17.0 Å². The van der Waals surface area contributed by atoms with Gasteiger partial charge in [-0.2, -0.15) is 14.5 Å². The quantitative estimate of drug-likeness (QED) is 0.305. The first kappa shape index (κ1) is 22.9. The van der Waals surface area contributed by atoms with Crippen molar-refractivity contribution >= 4 is 39.2 Å². The van der Waals surface area contributed by atoms with Crippen molar-refractivity contribution < 1.29 is 13.3 Å². The summed E-state index contributed by atoms with van der Waals surface area (Å²) in [5.41, 5.74) is 4.23. The Bertz CT molecular complexity index is 1320. The summed E-state index contributed by atoms with van der Waals surface area (Å²) in [4.78, 5) is 10.8. The van der Waals surface area contributed by atoms with E-state index in [4.69, 9.17) is 11.6 Å². The van der Waals surface area contributed by atoms with Gasteiger partial charge >= 0.3 is 0 Å². The third kappa shape index (κ3) is 4.61. The number of anilines is 1. The van der Waals surface area contributed by atoms with E-state index in [2.05, 4.69) is 15.6 Å². The summed E-state index contributed by atoms with van der Waals surface area (Å²) < 4.78 is 28.4. The molecule has 1 N–H and O–H groups in total. The van der Waals surface area contributed by atoms with Crippen LogP contribution in [0.3, 0.4) is 0 Å². The maximum Gasteiger partial charge on any atom is 0.295 e. The Morgan fingerprint density at radius 1 is 1.18 bits per heavy atom. The number of hydrogen-bond acceptors (Lipinski definition) is 7. The molecule has 10 nitrogen and oxygen atoms in total. The number of halogens is 1. The van der Waals surface area contributed by atoms with Gasteiger partial charge < -0.3 is 0 Å². The lowest BCUT2D eigenvalue weighted by atomic mass is 10.3. The average Bonchev–Trinajstić information content (AvgIpc) is 3.44. The lowest BCUT2D eigenvalue weighted by molar-refractivity contribution is -0.384. The van der Waals surface area contributed by atoms with Gasteiger partial charge in [0, 0.05) is 19.2 Å². The van der Waals surface area contributed by atoms with E-state index in [1.54, 1.807) is 11.6 Å². The van der Waals surface area contributed by atoms with E-state index < -0.39 is 20.6 Å². The number of aryl methyl sites for hydroxylation is 1. The summed E-state index contributed by atoms with van der Waals surface area (Å²) in [5.74, 6) is 0. The number of hydrogen-bond donors (Lipinski definition) is 1. The molecule has 0 bridgehead atoms. The Hall–Kier alpha value is -3.28. The molecule has 3 aromatic rings. The van der Waals surface area contributed by atoms with Crippen molar-refractivity contribution in [1.82, 2.24) is 14.1 Å². The number of aromatic nitrogens is 2. The molecule has 0 spiro atoms. The fourth-order valence-electron chi connectivity index (χ4n) is 3.56. The summed E-state index contributed by atoms with van der Waals surface area (Å²) >= 11 is 6.46. The van der Waals surface area contributed by atoms with Crippen LogP contribution in [0.4, 0.5) is 11.4 Å². The van der Waals surface area contributed by atoms with E-state index in [-0.39, 0.29) is 10.6 Å². The largest absolute Gasteiger partial charge is 0.295 e. The predicted octanol–water partition coefficient (Wildman–Crippen LogP) is 3.97. The minimum atomic E-state index is -3.78. The third-order valence-corrected chi connectivity index (χ3v) is 7.55. The van der Waals surface area contributed by atoms with Gasteiger partial charge in [-0.3, -0.25) is 15.5 Å². The van der Waals surface area contributed by atoms with Crippen molar-refractivity contribution in [3.05, 3.63) is 75.1 Å². The van der Waals surface area contributed by atoms with Crippen LogP contribution in [0.15, 0.2) is 58.5 Å². The second-order valence-electron chi connectivity index (χ2n) is 7.45. The zero-order valence-electron chi connectivity index (χ0n) is 17.7. The average molecular weight is 489 g/mol. The molecule has 1 aromatic heterocycles. The maximum absolute atomic E-state index is 12.7. The van der Waals surface area contributed by atoms with Gasteiger partial charge in [0.2, 0.25) is 10.0 Å². The zero-order chi connectivity index (χ0) is 23.6. The highest BCUT2D eigenvalue weighted by Crippen LogP contribution is 2.30. The molecule has 1 saturated heterocycles. The molecule has 1 fully saturated rings. The molecule has 1 aliphatic rings. The Balaban J connectivity index is 1.59. The summed E-state index contributed by atoms with van der Waals surface area (Å²) in [7, 11) is -3.78.